The van der Waals surface area contributed by atoms with E-state index in [4.69, 9.17) is 4.74 Å². The van der Waals surface area contributed by atoms with Crippen LogP contribution in [-0.4, -0.2) is 62.2 Å². The molecule has 1 amide bonds. The average molecular weight is 368 g/mol. The van der Waals surface area contributed by atoms with Gasteiger partial charge in [0.15, 0.2) is 0 Å². The topological polar surface area (TPSA) is 57.7 Å². The van der Waals surface area contributed by atoms with Crippen molar-refractivity contribution < 1.29 is 9.53 Å². The lowest BCUT2D eigenvalue weighted by Gasteiger charge is -2.37. The minimum Gasteiger partial charge on any atom is -0.383 e. The molecule has 1 aromatic heterocycles. The summed E-state index contributed by atoms with van der Waals surface area (Å²) in [5.41, 5.74) is 4.57. The molecule has 1 N–H and O–H groups in total. The molecule has 2 aromatic rings. The maximum Gasteiger partial charge on any atom is 0.254 e. The first-order valence-electron chi connectivity index (χ1n) is 9.39. The van der Waals surface area contributed by atoms with Crippen molar-refractivity contribution in [3.05, 3.63) is 53.2 Å². The van der Waals surface area contributed by atoms with Crippen molar-refractivity contribution in [2.24, 2.45) is 0 Å². The van der Waals surface area contributed by atoms with Crippen LogP contribution < -0.4 is 10.2 Å². The predicted molar refractivity (Wildman–Crippen MR) is 109 cm³/mol. The molecule has 6 nitrogen and oxygen atoms in total. The minimum atomic E-state index is 0.0628. The maximum absolute atomic E-state index is 12.9. The van der Waals surface area contributed by atoms with Crippen LogP contribution in [0.2, 0.25) is 0 Å². The fourth-order valence-corrected chi connectivity index (χ4v) is 3.35. The Bertz CT molecular complexity index is 786. The third-order valence-corrected chi connectivity index (χ3v) is 5.10. The molecule has 144 valence electrons. The van der Waals surface area contributed by atoms with Gasteiger partial charge in [0, 0.05) is 57.3 Å². The second kappa shape index (κ2) is 8.86. The Morgan fingerprint density at radius 1 is 1.19 bits per heavy atom. The quantitative estimate of drug-likeness (QED) is 0.795. The van der Waals surface area contributed by atoms with E-state index in [-0.39, 0.29) is 5.91 Å². The number of amides is 1. The van der Waals surface area contributed by atoms with E-state index >= 15 is 0 Å². The van der Waals surface area contributed by atoms with Crippen molar-refractivity contribution in [3.63, 3.8) is 0 Å². The number of aromatic nitrogens is 1. The molecule has 1 fully saturated rings. The molecule has 1 aliphatic rings. The van der Waals surface area contributed by atoms with E-state index in [1.54, 1.807) is 19.4 Å². The normalized spacial score (nSPS) is 14.3. The van der Waals surface area contributed by atoms with Crippen molar-refractivity contribution in [1.82, 2.24) is 9.88 Å². The Hall–Kier alpha value is -2.60. The van der Waals surface area contributed by atoms with E-state index in [0.717, 1.165) is 26.2 Å². The zero-order chi connectivity index (χ0) is 19.2. The smallest absolute Gasteiger partial charge is 0.254 e. The van der Waals surface area contributed by atoms with Crippen LogP contribution in [0.4, 0.5) is 11.5 Å². The molecular formula is C21H28N4O2. The number of hydrogen-bond donors (Lipinski definition) is 1. The molecule has 1 aromatic carbocycles. The van der Waals surface area contributed by atoms with Crippen LogP contribution in [-0.2, 0) is 4.74 Å². The van der Waals surface area contributed by atoms with Crippen molar-refractivity contribution in [2.75, 3.05) is 56.7 Å². The molecule has 6 heteroatoms. The van der Waals surface area contributed by atoms with Crippen LogP contribution in [0.5, 0.6) is 0 Å². The number of pyridine rings is 1. The summed E-state index contributed by atoms with van der Waals surface area (Å²) < 4.78 is 5.03. The first-order valence-corrected chi connectivity index (χ1v) is 9.39. The van der Waals surface area contributed by atoms with E-state index in [2.05, 4.69) is 47.2 Å². The Morgan fingerprint density at radius 3 is 2.70 bits per heavy atom. The number of rotatable bonds is 6. The molecule has 1 saturated heterocycles. The zero-order valence-electron chi connectivity index (χ0n) is 16.4. The Labute approximate surface area is 161 Å². The fourth-order valence-electron chi connectivity index (χ4n) is 3.35. The van der Waals surface area contributed by atoms with Crippen molar-refractivity contribution in [2.45, 2.75) is 13.8 Å². The molecular weight excluding hydrogens is 340 g/mol. The first kappa shape index (κ1) is 19.2. The Balaban J connectivity index is 1.61. The van der Waals surface area contributed by atoms with Gasteiger partial charge in [0.2, 0.25) is 0 Å². The fraction of sp³-hybridized carbons (Fsp3) is 0.429. The van der Waals surface area contributed by atoms with E-state index in [9.17, 15) is 4.79 Å². The third-order valence-electron chi connectivity index (χ3n) is 5.10. The highest BCUT2D eigenvalue weighted by molar-refractivity contribution is 5.95. The second-order valence-electron chi connectivity index (χ2n) is 6.85. The summed E-state index contributed by atoms with van der Waals surface area (Å²) >= 11 is 0. The van der Waals surface area contributed by atoms with Gasteiger partial charge in [-0.25, -0.2) is 4.98 Å². The number of aryl methyl sites for hydroxylation is 1. The molecule has 0 spiro atoms. The van der Waals surface area contributed by atoms with Crippen LogP contribution >= 0.6 is 0 Å². The predicted octanol–water partition coefficient (Wildman–Crippen LogP) is 2.72. The minimum absolute atomic E-state index is 0.0628. The Kier molecular flexibility index (Phi) is 6.29. The van der Waals surface area contributed by atoms with E-state index in [1.807, 2.05) is 11.0 Å². The first-order chi connectivity index (χ1) is 13.1. The lowest BCUT2D eigenvalue weighted by atomic mass is 10.1. The molecule has 2 heterocycles. The number of carbonyl (C=O) groups excluding carboxylic acids is 1. The van der Waals surface area contributed by atoms with Gasteiger partial charge in [-0.1, -0.05) is 12.1 Å². The van der Waals surface area contributed by atoms with Gasteiger partial charge in [-0.2, -0.15) is 0 Å². The second-order valence-corrected chi connectivity index (χ2v) is 6.85. The largest absolute Gasteiger partial charge is 0.383 e. The van der Waals surface area contributed by atoms with Crippen LogP contribution in [0.1, 0.15) is 21.5 Å². The lowest BCUT2D eigenvalue weighted by Crippen LogP contribution is -2.49. The summed E-state index contributed by atoms with van der Waals surface area (Å²) in [5.74, 6) is 0.764. The summed E-state index contributed by atoms with van der Waals surface area (Å²) in [7, 11) is 1.66. The van der Waals surface area contributed by atoms with Crippen LogP contribution in [0.25, 0.3) is 0 Å². The summed E-state index contributed by atoms with van der Waals surface area (Å²) in [6.45, 7) is 8.70. The summed E-state index contributed by atoms with van der Waals surface area (Å²) in [5, 5.41) is 3.17. The summed E-state index contributed by atoms with van der Waals surface area (Å²) in [6.07, 6.45) is 1.68. The van der Waals surface area contributed by atoms with E-state index < -0.39 is 0 Å². The zero-order valence-corrected chi connectivity index (χ0v) is 16.4. The van der Waals surface area contributed by atoms with Gasteiger partial charge in [-0.05, 0) is 43.2 Å². The lowest BCUT2D eigenvalue weighted by molar-refractivity contribution is 0.0746. The van der Waals surface area contributed by atoms with Gasteiger partial charge in [-0.3, -0.25) is 4.79 Å². The van der Waals surface area contributed by atoms with Crippen LogP contribution in [0.3, 0.4) is 0 Å². The molecule has 0 radical (unpaired) electrons. The molecule has 27 heavy (non-hydrogen) atoms. The van der Waals surface area contributed by atoms with Crippen molar-refractivity contribution in [3.8, 4) is 0 Å². The number of carbonyl (C=O) groups is 1. The summed E-state index contributed by atoms with van der Waals surface area (Å²) in [6, 6.07) is 10.0. The highest BCUT2D eigenvalue weighted by Gasteiger charge is 2.23. The summed E-state index contributed by atoms with van der Waals surface area (Å²) in [4.78, 5) is 21.4. The number of methoxy groups -OCH3 is 1. The number of nitrogens with zero attached hydrogens (tertiary/aromatic N) is 3. The van der Waals surface area contributed by atoms with Crippen LogP contribution in [0.15, 0.2) is 36.5 Å². The van der Waals surface area contributed by atoms with Crippen molar-refractivity contribution in [1.29, 1.82) is 0 Å². The SMILES string of the molecule is COCCNc1cc(C(=O)N2CCN(c3cccc(C)c3C)CC2)ccn1. The average Bonchev–Trinajstić information content (AvgIpc) is 2.70. The number of ether oxygens (including phenoxy) is 1. The van der Waals surface area contributed by atoms with Gasteiger partial charge >= 0.3 is 0 Å². The van der Waals surface area contributed by atoms with Gasteiger partial charge in [-0.15, -0.1) is 0 Å². The van der Waals surface area contributed by atoms with Gasteiger partial charge in [0.05, 0.1) is 6.61 Å². The van der Waals surface area contributed by atoms with E-state index in [0.29, 0.717) is 24.5 Å². The molecule has 0 unspecified atom stereocenters. The highest BCUT2D eigenvalue weighted by Crippen LogP contribution is 2.24. The maximum atomic E-state index is 12.9. The standard InChI is InChI=1S/C21H28N4O2/c1-16-5-4-6-19(17(16)2)24-10-12-25(13-11-24)21(26)18-7-8-22-20(15-18)23-9-14-27-3/h4-8,15H,9-14H2,1-3H3,(H,22,23). The number of anilines is 2. The van der Waals surface area contributed by atoms with Crippen LogP contribution in [0, 0.1) is 13.8 Å². The molecule has 0 atom stereocenters. The van der Waals surface area contributed by atoms with Gasteiger partial charge in [0.25, 0.3) is 5.91 Å². The molecule has 0 saturated carbocycles. The number of benzene rings is 1. The van der Waals surface area contributed by atoms with Crippen molar-refractivity contribution >= 4 is 17.4 Å². The van der Waals surface area contributed by atoms with Gasteiger partial charge in [0.1, 0.15) is 5.82 Å². The number of hydrogen-bond acceptors (Lipinski definition) is 5. The molecule has 0 bridgehead atoms. The third kappa shape index (κ3) is 4.57. The number of nitrogens with one attached hydrogen (secondary N) is 1. The molecule has 0 aliphatic carbocycles. The monoisotopic (exact) mass is 368 g/mol. The molecule has 3 rings (SSSR count). The highest BCUT2D eigenvalue weighted by atomic mass is 16.5. The molecule has 1 aliphatic heterocycles. The van der Waals surface area contributed by atoms with Gasteiger partial charge < -0.3 is 19.9 Å². The number of piperazine rings is 1. The van der Waals surface area contributed by atoms with E-state index in [1.165, 1.54) is 16.8 Å². The Morgan fingerprint density at radius 2 is 1.96 bits per heavy atom.